The van der Waals surface area contributed by atoms with Gasteiger partial charge < -0.3 is 30.5 Å². The summed E-state index contributed by atoms with van der Waals surface area (Å²) in [6.45, 7) is 3.98. The van der Waals surface area contributed by atoms with Gasteiger partial charge in [-0.25, -0.2) is 0 Å². The van der Waals surface area contributed by atoms with E-state index in [0.717, 1.165) is 47.1 Å². The van der Waals surface area contributed by atoms with Gasteiger partial charge in [-0.15, -0.1) is 0 Å². The Morgan fingerprint density at radius 3 is 1.97 bits per heavy atom. The largest absolute Gasteiger partial charge is 0.451 e. The highest BCUT2D eigenvalue weighted by atomic mass is 79.9. The van der Waals surface area contributed by atoms with Crippen LogP contribution in [0.3, 0.4) is 0 Å². The van der Waals surface area contributed by atoms with E-state index in [0.29, 0.717) is 11.2 Å². The predicted molar refractivity (Wildman–Crippen MR) is 122 cm³/mol. The van der Waals surface area contributed by atoms with Crippen LogP contribution in [-0.2, 0) is 0 Å². The summed E-state index contributed by atoms with van der Waals surface area (Å²) in [5.41, 5.74) is 12.8. The SMILES string of the molecule is NC(=O)c1cc2cc(Br)ccc2o1.NC(=O)c1cc2cc(N3CCNCC3)ccc2o1. The number of nitrogens with zero attached hydrogens (tertiary/aromatic N) is 1. The lowest BCUT2D eigenvalue weighted by Crippen LogP contribution is -2.43. The Hall–Kier alpha value is -3.30. The minimum Gasteiger partial charge on any atom is -0.451 e. The molecule has 2 aromatic heterocycles. The average molecular weight is 485 g/mol. The number of nitrogens with two attached hydrogens (primary N) is 2. The van der Waals surface area contributed by atoms with E-state index < -0.39 is 11.8 Å². The molecule has 2 aromatic carbocycles. The second kappa shape index (κ2) is 8.83. The van der Waals surface area contributed by atoms with Gasteiger partial charge in [-0.3, -0.25) is 9.59 Å². The third-order valence-corrected chi connectivity index (χ3v) is 5.44. The molecule has 1 aliphatic rings. The van der Waals surface area contributed by atoms with Crippen LogP contribution < -0.4 is 21.7 Å². The molecule has 0 unspecified atom stereocenters. The molecular weight excluding hydrogens is 464 g/mol. The van der Waals surface area contributed by atoms with Crippen LogP contribution in [0.15, 0.2) is 61.8 Å². The summed E-state index contributed by atoms with van der Waals surface area (Å²) in [7, 11) is 0. The van der Waals surface area contributed by atoms with Crippen LogP contribution >= 0.6 is 15.9 Å². The van der Waals surface area contributed by atoms with Crippen molar-refractivity contribution in [2.45, 2.75) is 0 Å². The number of hydrogen-bond acceptors (Lipinski definition) is 6. The number of piperazine rings is 1. The number of carbonyl (C=O) groups excluding carboxylic acids is 2. The van der Waals surface area contributed by atoms with Crippen molar-refractivity contribution in [3.8, 4) is 0 Å². The zero-order valence-electron chi connectivity index (χ0n) is 16.6. The monoisotopic (exact) mass is 484 g/mol. The molecule has 3 heterocycles. The Morgan fingerprint density at radius 2 is 1.39 bits per heavy atom. The molecule has 1 fully saturated rings. The van der Waals surface area contributed by atoms with E-state index in [2.05, 4.69) is 26.1 Å². The van der Waals surface area contributed by atoms with Crippen LogP contribution in [0.4, 0.5) is 5.69 Å². The van der Waals surface area contributed by atoms with E-state index >= 15 is 0 Å². The van der Waals surface area contributed by atoms with Crippen molar-refractivity contribution in [3.63, 3.8) is 0 Å². The minimum absolute atomic E-state index is 0.188. The Labute approximate surface area is 186 Å². The van der Waals surface area contributed by atoms with Crippen LogP contribution in [0.5, 0.6) is 0 Å². The number of furan rings is 2. The van der Waals surface area contributed by atoms with Gasteiger partial charge in [-0.1, -0.05) is 15.9 Å². The van der Waals surface area contributed by atoms with Gasteiger partial charge in [0.25, 0.3) is 11.8 Å². The minimum atomic E-state index is -0.549. The number of halogens is 1. The number of benzene rings is 2. The van der Waals surface area contributed by atoms with Gasteiger partial charge in [-0.2, -0.15) is 0 Å². The van der Waals surface area contributed by atoms with E-state index in [-0.39, 0.29) is 11.5 Å². The van der Waals surface area contributed by atoms with E-state index in [1.54, 1.807) is 18.2 Å². The van der Waals surface area contributed by atoms with Crippen molar-refractivity contribution < 1.29 is 18.4 Å². The summed E-state index contributed by atoms with van der Waals surface area (Å²) in [5.74, 6) is -0.683. The van der Waals surface area contributed by atoms with E-state index in [9.17, 15) is 9.59 Å². The molecule has 160 valence electrons. The van der Waals surface area contributed by atoms with Gasteiger partial charge in [0, 0.05) is 47.1 Å². The lowest BCUT2D eigenvalue weighted by atomic mass is 10.2. The molecule has 0 spiro atoms. The third-order valence-electron chi connectivity index (χ3n) is 4.95. The van der Waals surface area contributed by atoms with Crippen LogP contribution in [0.1, 0.15) is 21.1 Å². The molecule has 4 aromatic rings. The van der Waals surface area contributed by atoms with Crippen molar-refractivity contribution in [2.24, 2.45) is 11.5 Å². The molecule has 0 atom stereocenters. The van der Waals surface area contributed by atoms with Gasteiger partial charge in [0.1, 0.15) is 11.2 Å². The van der Waals surface area contributed by atoms with Gasteiger partial charge in [0.05, 0.1) is 0 Å². The highest BCUT2D eigenvalue weighted by Crippen LogP contribution is 2.25. The second-order valence-electron chi connectivity index (χ2n) is 7.09. The van der Waals surface area contributed by atoms with Gasteiger partial charge in [0.15, 0.2) is 11.5 Å². The van der Waals surface area contributed by atoms with Crippen molar-refractivity contribution in [2.75, 3.05) is 31.1 Å². The molecule has 5 N–H and O–H groups in total. The highest BCUT2D eigenvalue weighted by Gasteiger charge is 2.13. The standard InChI is InChI=1S/C13H15N3O2.C9H6BrNO2/c14-13(17)12-8-9-7-10(1-2-11(9)18-12)16-5-3-15-4-6-16;10-6-1-2-7-5(3-6)4-8(13-7)9(11)12/h1-2,7-8,15H,3-6H2,(H2,14,17);1-4H,(H2,11,12). The second-order valence-corrected chi connectivity index (χ2v) is 8.01. The fourth-order valence-electron chi connectivity index (χ4n) is 3.41. The quantitative estimate of drug-likeness (QED) is 0.409. The number of nitrogens with one attached hydrogen (secondary N) is 1. The normalized spacial score (nSPS) is 13.8. The molecule has 0 radical (unpaired) electrons. The summed E-state index contributed by atoms with van der Waals surface area (Å²) < 4.78 is 11.5. The summed E-state index contributed by atoms with van der Waals surface area (Å²) in [5, 5.41) is 5.10. The van der Waals surface area contributed by atoms with Crippen LogP contribution in [0, 0.1) is 0 Å². The Balaban J connectivity index is 0.000000158. The Morgan fingerprint density at radius 1 is 0.839 bits per heavy atom. The molecule has 1 saturated heterocycles. The maximum absolute atomic E-state index is 11.1. The smallest absolute Gasteiger partial charge is 0.284 e. The molecule has 5 rings (SSSR count). The van der Waals surface area contributed by atoms with Gasteiger partial charge >= 0.3 is 0 Å². The summed E-state index contributed by atoms with van der Waals surface area (Å²) >= 11 is 3.32. The maximum atomic E-state index is 11.1. The first-order valence-electron chi connectivity index (χ1n) is 9.69. The summed E-state index contributed by atoms with van der Waals surface area (Å²) in [6, 6.07) is 14.8. The topological polar surface area (TPSA) is 128 Å². The van der Waals surface area contributed by atoms with E-state index in [1.165, 1.54) is 0 Å². The lowest BCUT2D eigenvalue weighted by molar-refractivity contribution is 0.0968. The first-order chi connectivity index (χ1) is 14.9. The van der Waals surface area contributed by atoms with Crippen molar-refractivity contribution >= 4 is 55.4 Å². The van der Waals surface area contributed by atoms with Crippen molar-refractivity contribution in [1.82, 2.24) is 5.32 Å². The molecule has 0 bridgehead atoms. The van der Waals surface area contributed by atoms with Crippen molar-refractivity contribution in [1.29, 1.82) is 0 Å². The third kappa shape index (κ3) is 4.73. The number of anilines is 1. The Kier molecular flexibility index (Phi) is 5.97. The number of rotatable bonds is 3. The predicted octanol–water partition coefficient (Wildman–Crippen LogP) is 3.24. The number of primary amides is 2. The summed E-state index contributed by atoms with van der Waals surface area (Å²) in [4.78, 5) is 24.2. The van der Waals surface area contributed by atoms with Crippen LogP contribution in [0.2, 0.25) is 0 Å². The summed E-state index contributed by atoms with van der Waals surface area (Å²) in [6.07, 6.45) is 0. The van der Waals surface area contributed by atoms with Gasteiger partial charge in [-0.05, 0) is 48.5 Å². The molecular formula is C22H21BrN4O4. The fourth-order valence-corrected chi connectivity index (χ4v) is 3.79. The lowest BCUT2D eigenvalue weighted by Gasteiger charge is -2.29. The molecule has 9 heteroatoms. The van der Waals surface area contributed by atoms with E-state index in [1.807, 2.05) is 30.3 Å². The first-order valence-corrected chi connectivity index (χ1v) is 10.5. The Bertz CT molecular complexity index is 1260. The molecule has 0 saturated carbocycles. The van der Waals surface area contributed by atoms with Gasteiger partial charge in [0.2, 0.25) is 0 Å². The zero-order chi connectivity index (χ0) is 22.0. The van der Waals surface area contributed by atoms with Crippen molar-refractivity contribution in [3.05, 3.63) is 64.5 Å². The first kappa shape index (κ1) is 21.0. The average Bonchev–Trinajstić information content (AvgIpc) is 3.38. The molecule has 1 aliphatic heterocycles. The van der Waals surface area contributed by atoms with Crippen LogP contribution in [0.25, 0.3) is 21.9 Å². The number of hydrogen-bond donors (Lipinski definition) is 3. The number of amides is 2. The molecule has 31 heavy (non-hydrogen) atoms. The highest BCUT2D eigenvalue weighted by molar-refractivity contribution is 9.10. The number of fused-ring (bicyclic) bond motifs is 2. The van der Waals surface area contributed by atoms with Crippen LogP contribution in [-0.4, -0.2) is 38.0 Å². The zero-order valence-corrected chi connectivity index (χ0v) is 18.1. The van der Waals surface area contributed by atoms with E-state index in [4.69, 9.17) is 20.3 Å². The maximum Gasteiger partial charge on any atom is 0.284 e. The molecule has 2 amide bonds. The molecule has 0 aliphatic carbocycles. The fraction of sp³-hybridized carbons (Fsp3) is 0.182. The molecule has 8 nitrogen and oxygen atoms in total. The number of carbonyl (C=O) groups is 2.